The second-order valence-corrected chi connectivity index (χ2v) is 8.22. The van der Waals surface area contributed by atoms with E-state index in [2.05, 4.69) is 0 Å². The molecule has 5 rings (SSSR count). The lowest BCUT2D eigenvalue weighted by atomic mass is 10.2. The smallest absolute Gasteiger partial charge is 0.344 e. The maximum absolute atomic E-state index is 13.2. The summed E-state index contributed by atoms with van der Waals surface area (Å²) in [5.74, 6) is -0.839. The number of fused-ring (bicyclic) bond motifs is 2. The average molecular weight is 481 g/mol. The Morgan fingerprint density at radius 3 is 2.19 bits per heavy atom. The van der Waals surface area contributed by atoms with E-state index in [9.17, 15) is 9.59 Å². The molecular weight excluding hydrogens is 456 g/mol. The number of nitrogens with two attached hydrogens (primary N) is 1. The van der Waals surface area contributed by atoms with Crippen LogP contribution in [0.1, 0.15) is 39.6 Å². The third-order valence-electron chi connectivity index (χ3n) is 5.71. The van der Waals surface area contributed by atoms with Gasteiger partial charge < -0.3 is 15.2 Å². The zero-order chi connectivity index (χ0) is 25.1. The van der Waals surface area contributed by atoms with Gasteiger partial charge in [0.05, 0.1) is 23.2 Å². The molecule has 0 bridgehead atoms. The Hall–Kier alpha value is -4.72. The predicted octanol–water partition coefficient (Wildman–Crippen LogP) is 5.08. The van der Waals surface area contributed by atoms with E-state index in [0.717, 1.165) is 12.0 Å². The molecule has 0 aliphatic carbocycles. The zero-order valence-corrected chi connectivity index (χ0v) is 19.7. The van der Waals surface area contributed by atoms with E-state index in [4.69, 9.17) is 25.2 Å². The first-order chi connectivity index (χ1) is 17.6. The number of ether oxygens (including phenoxy) is 2. The van der Waals surface area contributed by atoms with Crippen molar-refractivity contribution in [2.24, 2.45) is 0 Å². The van der Waals surface area contributed by atoms with Crippen molar-refractivity contribution in [3.8, 4) is 5.69 Å². The number of esters is 2. The quantitative estimate of drug-likeness (QED) is 0.324. The van der Waals surface area contributed by atoms with Crippen molar-refractivity contribution in [3.05, 3.63) is 95.6 Å². The van der Waals surface area contributed by atoms with Crippen molar-refractivity contribution in [1.82, 2.24) is 14.5 Å². The molecule has 0 spiro atoms. The van der Waals surface area contributed by atoms with Crippen LogP contribution in [0.2, 0.25) is 0 Å². The largest absolute Gasteiger partial charge is 0.462 e. The van der Waals surface area contributed by atoms with Gasteiger partial charge in [-0.2, -0.15) is 0 Å². The SMILES string of the molecule is CCCOC(=O)c1ccc(-n2c(N)c(C(=O)OCc3ccccc3)c3nc4ccccc4nc32)cc1. The minimum absolute atomic E-state index is 0.0986. The molecule has 0 aliphatic heterocycles. The fraction of sp³-hybridized carbons (Fsp3) is 0.143. The number of nitrogens with zero attached hydrogens (tertiary/aromatic N) is 3. The highest BCUT2D eigenvalue weighted by molar-refractivity contribution is 6.09. The molecule has 2 N–H and O–H groups in total. The molecule has 0 saturated carbocycles. The summed E-state index contributed by atoms with van der Waals surface area (Å²) in [6, 6.07) is 23.6. The van der Waals surface area contributed by atoms with E-state index < -0.39 is 11.9 Å². The molecule has 0 atom stereocenters. The summed E-state index contributed by atoms with van der Waals surface area (Å²) in [5, 5.41) is 0. The highest BCUT2D eigenvalue weighted by Gasteiger charge is 2.26. The lowest BCUT2D eigenvalue weighted by Gasteiger charge is -2.09. The molecule has 8 nitrogen and oxygen atoms in total. The van der Waals surface area contributed by atoms with Gasteiger partial charge in [0.15, 0.2) is 5.65 Å². The van der Waals surface area contributed by atoms with Crippen molar-refractivity contribution in [2.45, 2.75) is 20.0 Å². The lowest BCUT2D eigenvalue weighted by Crippen LogP contribution is -2.10. The van der Waals surface area contributed by atoms with Crippen LogP contribution in [0.15, 0.2) is 78.9 Å². The number of carbonyl (C=O) groups excluding carboxylic acids is 2. The van der Waals surface area contributed by atoms with Crippen LogP contribution in [0.5, 0.6) is 0 Å². The van der Waals surface area contributed by atoms with Crippen molar-refractivity contribution < 1.29 is 19.1 Å². The fourth-order valence-corrected chi connectivity index (χ4v) is 3.94. The highest BCUT2D eigenvalue weighted by atomic mass is 16.5. The van der Waals surface area contributed by atoms with Gasteiger partial charge in [0.25, 0.3) is 0 Å². The molecule has 36 heavy (non-hydrogen) atoms. The first-order valence-electron chi connectivity index (χ1n) is 11.6. The number of hydrogen-bond acceptors (Lipinski definition) is 7. The molecule has 3 aromatic carbocycles. The van der Waals surface area contributed by atoms with Gasteiger partial charge in [0.1, 0.15) is 23.5 Å². The van der Waals surface area contributed by atoms with Crippen molar-refractivity contribution in [3.63, 3.8) is 0 Å². The topological polar surface area (TPSA) is 109 Å². The first kappa shape index (κ1) is 23.0. The summed E-state index contributed by atoms with van der Waals surface area (Å²) in [5.41, 5.74) is 10.6. The van der Waals surface area contributed by atoms with Crippen LogP contribution >= 0.6 is 0 Å². The summed E-state index contributed by atoms with van der Waals surface area (Å²) in [6.07, 6.45) is 0.742. The van der Waals surface area contributed by atoms with Crippen LogP contribution in [-0.2, 0) is 16.1 Å². The maximum Gasteiger partial charge on any atom is 0.344 e. The normalized spacial score (nSPS) is 11.0. The van der Waals surface area contributed by atoms with Gasteiger partial charge in [-0.05, 0) is 48.4 Å². The number of hydrogen-bond donors (Lipinski definition) is 1. The van der Waals surface area contributed by atoms with Gasteiger partial charge in [-0.1, -0.05) is 49.4 Å². The van der Waals surface area contributed by atoms with Gasteiger partial charge in [-0.3, -0.25) is 4.57 Å². The fourth-order valence-electron chi connectivity index (χ4n) is 3.94. The number of nitrogen functional groups attached to an aromatic ring is 1. The van der Waals surface area contributed by atoms with Crippen LogP contribution in [0.4, 0.5) is 5.82 Å². The van der Waals surface area contributed by atoms with E-state index in [1.54, 1.807) is 28.8 Å². The molecule has 2 heterocycles. The van der Waals surface area contributed by atoms with Gasteiger partial charge in [-0.25, -0.2) is 19.6 Å². The van der Waals surface area contributed by atoms with E-state index in [1.165, 1.54) is 0 Å². The molecular formula is C28H24N4O4. The Kier molecular flexibility index (Phi) is 6.32. The third kappa shape index (κ3) is 4.36. The highest BCUT2D eigenvalue weighted by Crippen LogP contribution is 2.32. The molecule has 8 heteroatoms. The summed E-state index contributed by atoms with van der Waals surface area (Å²) < 4.78 is 12.4. The minimum Gasteiger partial charge on any atom is -0.462 e. The number of benzene rings is 3. The van der Waals surface area contributed by atoms with Crippen molar-refractivity contribution in [2.75, 3.05) is 12.3 Å². The van der Waals surface area contributed by atoms with E-state index in [0.29, 0.717) is 40.1 Å². The molecule has 0 radical (unpaired) electrons. The second kappa shape index (κ2) is 9.87. The monoisotopic (exact) mass is 480 g/mol. The van der Waals surface area contributed by atoms with Crippen LogP contribution in [-0.4, -0.2) is 33.1 Å². The van der Waals surface area contributed by atoms with Gasteiger partial charge in [-0.15, -0.1) is 0 Å². The summed E-state index contributed by atoms with van der Waals surface area (Å²) >= 11 is 0. The lowest BCUT2D eigenvalue weighted by molar-refractivity contribution is 0.0473. The van der Waals surface area contributed by atoms with E-state index in [1.807, 2.05) is 61.5 Å². The van der Waals surface area contributed by atoms with Gasteiger partial charge >= 0.3 is 11.9 Å². The Bertz CT molecular complexity index is 1560. The summed E-state index contributed by atoms with van der Waals surface area (Å²) in [7, 11) is 0. The molecule has 0 amide bonds. The molecule has 0 aliphatic rings. The molecule has 0 unspecified atom stereocenters. The number of anilines is 1. The van der Waals surface area contributed by atoms with Crippen LogP contribution in [0.3, 0.4) is 0 Å². The Morgan fingerprint density at radius 2 is 1.50 bits per heavy atom. The number of carbonyl (C=O) groups is 2. The van der Waals surface area contributed by atoms with Crippen molar-refractivity contribution in [1.29, 1.82) is 0 Å². The first-order valence-corrected chi connectivity index (χ1v) is 11.6. The molecule has 2 aromatic heterocycles. The Labute approximate surface area is 207 Å². The van der Waals surface area contributed by atoms with Gasteiger partial charge in [0.2, 0.25) is 0 Å². The summed E-state index contributed by atoms with van der Waals surface area (Å²) in [6.45, 7) is 2.39. The molecule has 180 valence electrons. The van der Waals surface area contributed by atoms with Crippen LogP contribution in [0.25, 0.3) is 27.9 Å². The standard InChI is InChI=1S/C28H24N4O4/c1-2-16-35-27(33)19-12-14-20(15-13-19)32-25(29)23(28(34)36-17-18-8-4-3-5-9-18)24-26(32)31-22-11-7-6-10-21(22)30-24/h3-15H,2,16-17,29H2,1H3. The molecule has 5 aromatic rings. The zero-order valence-electron chi connectivity index (χ0n) is 19.7. The summed E-state index contributed by atoms with van der Waals surface area (Å²) in [4.78, 5) is 34.9. The third-order valence-corrected chi connectivity index (χ3v) is 5.71. The van der Waals surface area contributed by atoms with E-state index in [-0.39, 0.29) is 18.0 Å². The average Bonchev–Trinajstić information content (AvgIpc) is 3.20. The van der Waals surface area contributed by atoms with Gasteiger partial charge in [0, 0.05) is 5.69 Å². The number of rotatable bonds is 7. The molecule has 0 saturated heterocycles. The molecule has 0 fully saturated rings. The van der Waals surface area contributed by atoms with Crippen LogP contribution < -0.4 is 5.73 Å². The minimum atomic E-state index is -0.593. The number of aromatic nitrogens is 3. The predicted molar refractivity (Wildman–Crippen MR) is 137 cm³/mol. The Balaban J connectivity index is 1.59. The van der Waals surface area contributed by atoms with Crippen molar-refractivity contribution >= 4 is 40.0 Å². The Morgan fingerprint density at radius 1 is 0.833 bits per heavy atom. The van der Waals surface area contributed by atoms with Crippen LogP contribution in [0, 0.1) is 0 Å². The number of para-hydroxylation sites is 2. The second-order valence-electron chi connectivity index (χ2n) is 8.22. The van der Waals surface area contributed by atoms with E-state index >= 15 is 0 Å². The maximum atomic E-state index is 13.2.